The topological polar surface area (TPSA) is 90.9 Å². The lowest BCUT2D eigenvalue weighted by Gasteiger charge is -2.38. The molecule has 1 N–H and O–H groups in total. The Labute approximate surface area is 195 Å². The lowest BCUT2D eigenvalue weighted by atomic mass is 9.69. The van der Waals surface area contributed by atoms with E-state index in [2.05, 4.69) is 5.32 Å². The summed E-state index contributed by atoms with van der Waals surface area (Å²) in [4.78, 5) is 39.5. The smallest absolute Gasteiger partial charge is 0.336 e. The summed E-state index contributed by atoms with van der Waals surface area (Å²) in [5, 5.41) is 3.27. The van der Waals surface area contributed by atoms with E-state index >= 15 is 0 Å². The first-order valence-corrected chi connectivity index (χ1v) is 11.5. The fourth-order valence-electron chi connectivity index (χ4n) is 4.61. The van der Waals surface area contributed by atoms with E-state index in [-0.39, 0.29) is 24.4 Å². The number of methoxy groups -OCH3 is 1. The molecule has 7 heteroatoms. The number of esters is 2. The lowest BCUT2D eigenvalue weighted by Crippen LogP contribution is -2.43. The van der Waals surface area contributed by atoms with Crippen molar-refractivity contribution in [3.63, 3.8) is 0 Å². The van der Waals surface area contributed by atoms with Crippen LogP contribution in [0.3, 0.4) is 0 Å². The van der Waals surface area contributed by atoms with Gasteiger partial charge in [-0.15, -0.1) is 0 Å². The Morgan fingerprint density at radius 1 is 1.21 bits per heavy atom. The first-order valence-electron chi connectivity index (χ1n) is 11.5. The van der Waals surface area contributed by atoms with Crippen LogP contribution in [0.4, 0.5) is 0 Å². The quantitative estimate of drug-likeness (QED) is 0.490. The van der Waals surface area contributed by atoms with Gasteiger partial charge in [0, 0.05) is 22.5 Å². The lowest BCUT2D eigenvalue weighted by molar-refractivity contribution is -0.151. The van der Waals surface area contributed by atoms with Crippen molar-refractivity contribution in [2.45, 2.75) is 59.5 Å². The third-order valence-corrected chi connectivity index (χ3v) is 5.99. The van der Waals surface area contributed by atoms with Crippen molar-refractivity contribution in [2.24, 2.45) is 11.8 Å². The number of hydrogen-bond donors (Lipinski definition) is 1. The van der Waals surface area contributed by atoms with E-state index in [1.807, 2.05) is 58.9 Å². The molecular weight excluding hydrogens is 422 g/mol. The number of carbonyl (C=O) groups excluding carboxylic acids is 3. The van der Waals surface area contributed by atoms with Crippen molar-refractivity contribution in [1.29, 1.82) is 0 Å². The maximum atomic E-state index is 13.8. The number of hydrogen-bond acceptors (Lipinski definition) is 7. The van der Waals surface area contributed by atoms with Gasteiger partial charge in [-0.1, -0.05) is 32.0 Å². The van der Waals surface area contributed by atoms with Crippen LogP contribution in [0.1, 0.15) is 58.9 Å². The highest BCUT2D eigenvalue weighted by molar-refractivity contribution is 6.12. The van der Waals surface area contributed by atoms with E-state index in [1.165, 1.54) is 7.11 Å². The van der Waals surface area contributed by atoms with E-state index < -0.39 is 23.8 Å². The summed E-state index contributed by atoms with van der Waals surface area (Å²) in [5.74, 6) is -2.68. The van der Waals surface area contributed by atoms with Gasteiger partial charge in [-0.05, 0) is 45.6 Å². The molecule has 0 spiro atoms. The minimum absolute atomic E-state index is 0.105. The van der Waals surface area contributed by atoms with Gasteiger partial charge in [0.15, 0.2) is 5.78 Å². The molecule has 33 heavy (non-hydrogen) atoms. The van der Waals surface area contributed by atoms with E-state index in [9.17, 15) is 14.4 Å². The summed E-state index contributed by atoms with van der Waals surface area (Å²) in [7, 11) is 1.28. The van der Waals surface area contributed by atoms with Gasteiger partial charge >= 0.3 is 11.9 Å². The molecule has 0 radical (unpaired) electrons. The number of allylic oxidation sites excluding steroid dienone is 3. The molecule has 1 aromatic rings. The van der Waals surface area contributed by atoms with Gasteiger partial charge in [0.2, 0.25) is 0 Å². The Morgan fingerprint density at radius 3 is 2.55 bits per heavy atom. The Hall–Kier alpha value is -3.09. The summed E-state index contributed by atoms with van der Waals surface area (Å²) >= 11 is 0. The number of ketones is 1. The highest BCUT2D eigenvalue weighted by Gasteiger charge is 2.47. The van der Waals surface area contributed by atoms with Crippen LogP contribution in [0.15, 0.2) is 46.8 Å². The van der Waals surface area contributed by atoms with Crippen LogP contribution >= 0.6 is 0 Å². The largest absolute Gasteiger partial charge is 0.491 e. The molecule has 0 aromatic heterocycles. The second-order valence-electron chi connectivity index (χ2n) is 8.88. The van der Waals surface area contributed by atoms with Crippen LogP contribution in [0, 0.1) is 11.8 Å². The van der Waals surface area contributed by atoms with E-state index in [0.29, 0.717) is 41.0 Å². The van der Waals surface area contributed by atoms with Crippen molar-refractivity contribution in [3.8, 4) is 5.75 Å². The monoisotopic (exact) mass is 455 g/mol. The summed E-state index contributed by atoms with van der Waals surface area (Å²) in [6.07, 6.45) is 1.06. The van der Waals surface area contributed by atoms with Crippen molar-refractivity contribution >= 4 is 17.7 Å². The Kier molecular flexibility index (Phi) is 7.61. The van der Waals surface area contributed by atoms with Crippen molar-refractivity contribution in [1.82, 2.24) is 5.32 Å². The molecule has 0 amide bonds. The number of dihydropyridines is 1. The molecule has 0 bridgehead atoms. The average molecular weight is 456 g/mol. The molecule has 1 aliphatic carbocycles. The molecule has 1 heterocycles. The van der Waals surface area contributed by atoms with E-state index in [1.54, 1.807) is 0 Å². The predicted octanol–water partition coefficient (Wildman–Crippen LogP) is 4.04. The fourth-order valence-corrected chi connectivity index (χ4v) is 4.61. The minimum Gasteiger partial charge on any atom is -0.491 e. The SMILES string of the molecule is CCCOC(=O)C1=C(C)NC2=C(C(=O)[C@H](C(=O)OC)[C@H](C)C2)[C@H]1c1ccccc1OC(C)C. The number of ether oxygens (including phenoxy) is 3. The highest BCUT2D eigenvalue weighted by Crippen LogP contribution is 2.47. The molecule has 3 rings (SSSR count). The molecule has 0 fully saturated rings. The summed E-state index contributed by atoms with van der Waals surface area (Å²) < 4.78 is 16.5. The third kappa shape index (κ3) is 4.82. The normalized spacial score (nSPS) is 22.6. The minimum atomic E-state index is -0.928. The van der Waals surface area contributed by atoms with Gasteiger partial charge in [-0.2, -0.15) is 0 Å². The summed E-state index contributed by atoms with van der Waals surface area (Å²) in [6, 6.07) is 7.39. The molecular formula is C26H33NO6. The zero-order valence-electron chi connectivity index (χ0n) is 20.2. The number of para-hydroxylation sites is 1. The van der Waals surface area contributed by atoms with Crippen molar-refractivity contribution < 1.29 is 28.6 Å². The molecule has 0 saturated heterocycles. The first-order chi connectivity index (χ1) is 15.7. The number of Topliss-reactive ketones (excluding diaryl/α,β-unsaturated/α-hetero) is 1. The zero-order valence-corrected chi connectivity index (χ0v) is 20.2. The molecule has 0 unspecified atom stereocenters. The average Bonchev–Trinajstić information content (AvgIpc) is 2.76. The number of rotatable bonds is 7. The Morgan fingerprint density at radius 2 is 1.91 bits per heavy atom. The van der Waals surface area contributed by atoms with Gasteiger partial charge in [0.05, 0.1) is 31.3 Å². The molecule has 3 atom stereocenters. The van der Waals surface area contributed by atoms with Gasteiger partial charge in [0.1, 0.15) is 11.7 Å². The highest BCUT2D eigenvalue weighted by atomic mass is 16.5. The van der Waals surface area contributed by atoms with Crippen LogP contribution in [0.5, 0.6) is 5.75 Å². The standard InChI is InChI=1S/C26H33NO6/c1-7-12-32-26(30)21-16(5)27-18-13-15(4)20(25(29)31-6)24(28)23(18)22(21)17-10-8-9-11-19(17)33-14(2)3/h8-11,14-15,20,22,27H,7,12-13H2,1-6H3/t15-,20-,22+/m1/s1. The number of benzene rings is 1. The van der Waals surface area contributed by atoms with Gasteiger partial charge in [-0.3, -0.25) is 9.59 Å². The molecule has 1 aromatic carbocycles. The van der Waals surface area contributed by atoms with Crippen LogP contribution in [-0.2, 0) is 23.9 Å². The number of carbonyl (C=O) groups is 3. The van der Waals surface area contributed by atoms with E-state index in [4.69, 9.17) is 14.2 Å². The second kappa shape index (κ2) is 10.2. The van der Waals surface area contributed by atoms with E-state index in [0.717, 1.165) is 5.70 Å². The number of nitrogens with one attached hydrogen (secondary N) is 1. The van der Waals surface area contributed by atoms with Crippen LogP contribution in [-0.4, -0.2) is 37.5 Å². The molecule has 0 saturated carbocycles. The molecule has 7 nitrogen and oxygen atoms in total. The molecule has 2 aliphatic rings. The van der Waals surface area contributed by atoms with Gasteiger partial charge < -0.3 is 19.5 Å². The van der Waals surface area contributed by atoms with Crippen molar-refractivity contribution in [3.05, 3.63) is 52.4 Å². The van der Waals surface area contributed by atoms with Crippen molar-refractivity contribution in [2.75, 3.05) is 13.7 Å². The zero-order chi connectivity index (χ0) is 24.3. The Balaban J connectivity index is 2.22. The second-order valence-corrected chi connectivity index (χ2v) is 8.88. The van der Waals surface area contributed by atoms with Crippen LogP contribution in [0.25, 0.3) is 0 Å². The summed E-state index contributed by atoms with van der Waals surface area (Å²) in [5.41, 5.74) is 2.80. The predicted molar refractivity (Wildman–Crippen MR) is 123 cm³/mol. The molecule has 178 valence electrons. The molecule has 1 aliphatic heterocycles. The summed E-state index contributed by atoms with van der Waals surface area (Å²) in [6.45, 7) is 9.70. The third-order valence-electron chi connectivity index (χ3n) is 5.99. The Bertz CT molecular complexity index is 1010. The first kappa shape index (κ1) is 24.6. The van der Waals surface area contributed by atoms with Gasteiger partial charge in [-0.25, -0.2) is 4.79 Å². The van der Waals surface area contributed by atoms with Gasteiger partial charge in [0.25, 0.3) is 0 Å². The fraction of sp³-hybridized carbons (Fsp3) is 0.500. The maximum Gasteiger partial charge on any atom is 0.336 e. The van der Waals surface area contributed by atoms with Crippen LogP contribution in [0.2, 0.25) is 0 Å². The maximum absolute atomic E-state index is 13.8. The van der Waals surface area contributed by atoms with Crippen LogP contribution < -0.4 is 10.1 Å².